The lowest BCUT2D eigenvalue weighted by Gasteiger charge is -2.40. The van der Waals surface area contributed by atoms with E-state index in [9.17, 15) is 19.4 Å². The van der Waals surface area contributed by atoms with Gasteiger partial charge in [0, 0.05) is 44.8 Å². The summed E-state index contributed by atoms with van der Waals surface area (Å²) in [6.45, 7) is 4.79. The van der Waals surface area contributed by atoms with Gasteiger partial charge >= 0.3 is 6.09 Å². The maximum atomic E-state index is 13.7. The molecular formula is C35H42FN3O7. The quantitative estimate of drug-likeness (QED) is 0.289. The maximum Gasteiger partial charge on any atom is 0.407 e. The number of aliphatic hydroxyl groups excluding tert-OH is 1. The van der Waals surface area contributed by atoms with E-state index in [2.05, 4.69) is 15.9 Å². The molecule has 10 nitrogen and oxygen atoms in total. The van der Waals surface area contributed by atoms with Gasteiger partial charge in [-0.25, -0.2) is 9.18 Å². The lowest BCUT2D eigenvalue weighted by atomic mass is 9.84. The van der Waals surface area contributed by atoms with Gasteiger partial charge in [-0.15, -0.1) is 0 Å². The van der Waals surface area contributed by atoms with E-state index < -0.39 is 24.2 Å². The van der Waals surface area contributed by atoms with Crippen molar-refractivity contribution >= 4 is 17.5 Å². The van der Waals surface area contributed by atoms with Crippen molar-refractivity contribution in [1.29, 1.82) is 0 Å². The molecule has 6 rings (SSSR count). The minimum absolute atomic E-state index is 0.00270. The zero-order chi connectivity index (χ0) is 32.0. The fraction of sp³-hybridized carbons (Fsp3) is 0.457. The Kier molecular flexibility index (Phi) is 10.1. The van der Waals surface area contributed by atoms with Crippen LogP contribution in [0.15, 0.2) is 66.7 Å². The Labute approximate surface area is 268 Å². The minimum atomic E-state index is -1.09. The number of benzene rings is 3. The van der Waals surface area contributed by atoms with Crippen LogP contribution >= 0.6 is 0 Å². The molecule has 1 amide bonds. The molecule has 0 unspecified atom stereocenters. The van der Waals surface area contributed by atoms with Crippen LogP contribution in [0.25, 0.3) is 0 Å². The zero-order valence-electron chi connectivity index (χ0n) is 26.1. The Balaban J connectivity index is 1.12. The number of anilines is 2. The second-order valence-corrected chi connectivity index (χ2v) is 12.1. The third-order valence-corrected chi connectivity index (χ3v) is 9.00. The molecule has 4 atom stereocenters. The number of carbonyl (C=O) groups is 1. The molecule has 3 aromatic carbocycles. The number of carboxylic acid groups (broad SMARTS) is 1. The van der Waals surface area contributed by atoms with Crippen LogP contribution in [0.4, 0.5) is 20.6 Å². The number of β-amino-alcohol motifs (C(OH)–C–C–N with tert-alkyl or cyclic N) is 1. The van der Waals surface area contributed by atoms with Crippen molar-refractivity contribution in [2.24, 2.45) is 0 Å². The SMILES string of the molecule is COCCCN1CCOc2ccc(CO[C@H]3CN(C(=O)O)C[C@@H](O)[C@@H]3c3ccc(O[C@H]4CCN(c5cccc(F)c5)C4)cc3)cc21. The highest BCUT2D eigenvalue weighted by atomic mass is 19.1. The molecule has 0 aromatic heterocycles. The topological polar surface area (TPSA) is 104 Å². The molecule has 246 valence electrons. The second kappa shape index (κ2) is 14.6. The molecule has 3 aromatic rings. The summed E-state index contributed by atoms with van der Waals surface area (Å²) in [7, 11) is 1.70. The van der Waals surface area contributed by atoms with Gasteiger partial charge in [0.25, 0.3) is 0 Å². The van der Waals surface area contributed by atoms with Gasteiger partial charge in [-0.05, 0) is 60.0 Å². The van der Waals surface area contributed by atoms with Gasteiger partial charge in [-0.3, -0.25) is 0 Å². The standard InChI is InChI=1S/C35H42FN3O7/c1-43-16-3-13-37-15-17-44-32-11-6-24(18-30(32)37)23-45-33-22-39(35(41)42)21-31(40)34(33)25-7-9-28(10-8-25)46-29-12-14-38(20-29)27-5-2-4-26(36)19-27/h2,4-11,18-19,29,31,33-34,40H,3,12-17,20-23H2,1H3,(H,41,42)/t29-,31+,33-,34-/m0/s1. The fourth-order valence-corrected chi connectivity index (χ4v) is 6.68. The lowest BCUT2D eigenvalue weighted by molar-refractivity contribution is -0.0660. The molecule has 0 aliphatic carbocycles. The van der Waals surface area contributed by atoms with E-state index in [-0.39, 0.29) is 31.6 Å². The summed E-state index contributed by atoms with van der Waals surface area (Å²) < 4.78 is 37.5. The van der Waals surface area contributed by atoms with Gasteiger partial charge < -0.3 is 43.9 Å². The average molecular weight is 636 g/mol. The first-order valence-electron chi connectivity index (χ1n) is 15.9. The molecule has 3 heterocycles. The zero-order valence-corrected chi connectivity index (χ0v) is 26.1. The largest absolute Gasteiger partial charge is 0.490 e. The van der Waals surface area contributed by atoms with Gasteiger partial charge in [-0.2, -0.15) is 0 Å². The molecular weight excluding hydrogens is 593 g/mol. The number of halogens is 1. The van der Waals surface area contributed by atoms with Crippen LogP contribution < -0.4 is 19.3 Å². The normalized spacial score (nSPS) is 22.8. The molecule has 46 heavy (non-hydrogen) atoms. The summed E-state index contributed by atoms with van der Waals surface area (Å²) in [5.41, 5.74) is 3.64. The number of nitrogens with zero attached hydrogens (tertiary/aromatic N) is 3. The molecule has 2 fully saturated rings. The highest BCUT2D eigenvalue weighted by Crippen LogP contribution is 2.36. The van der Waals surface area contributed by atoms with Gasteiger partial charge in [0.05, 0.1) is 50.7 Å². The van der Waals surface area contributed by atoms with Gasteiger partial charge in [0.1, 0.15) is 30.0 Å². The van der Waals surface area contributed by atoms with Gasteiger partial charge in [0.15, 0.2) is 0 Å². The number of fused-ring (bicyclic) bond motifs is 1. The molecule has 0 spiro atoms. The minimum Gasteiger partial charge on any atom is -0.490 e. The Bertz CT molecular complexity index is 1470. The monoisotopic (exact) mass is 635 g/mol. The number of piperidine rings is 1. The highest BCUT2D eigenvalue weighted by Gasteiger charge is 2.39. The number of likely N-dealkylation sites (tertiary alicyclic amines) is 1. The van der Waals surface area contributed by atoms with Gasteiger partial charge in [0.2, 0.25) is 0 Å². The first-order valence-corrected chi connectivity index (χ1v) is 15.9. The summed E-state index contributed by atoms with van der Waals surface area (Å²) in [4.78, 5) is 17.5. The van der Waals surface area contributed by atoms with Crippen molar-refractivity contribution in [3.8, 4) is 11.5 Å². The van der Waals surface area contributed by atoms with Crippen LogP contribution in [-0.2, 0) is 16.1 Å². The van der Waals surface area contributed by atoms with Crippen molar-refractivity contribution in [1.82, 2.24) is 4.90 Å². The smallest absolute Gasteiger partial charge is 0.407 e. The Morgan fingerprint density at radius 2 is 1.89 bits per heavy atom. The highest BCUT2D eigenvalue weighted by molar-refractivity contribution is 5.65. The number of hydrogen-bond donors (Lipinski definition) is 2. The number of ether oxygens (including phenoxy) is 4. The Hall–Kier alpha value is -4.06. The fourth-order valence-electron chi connectivity index (χ4n) is 6.68. The molecule has 3 aliphatic heterocycles. The lowest BCUT2D eigenvalue weighted by Crippen LogP contribution is -2.53. The number of aliphatic hydroxyl groups is 1. The number of rotatable bonds is 11. The first-order chi connectivity index (χ1) is 22.4. The van der Waals surface area contributed by atoms with Crippen LogP contribution in [0.3, 0.4) is 0 Å². The molecule has 11 heteroatoms. The number of methoxy groups -OCH3 is 1. The molecule has 0 saturated carbocycles. The molecule has 2 N–H and O–H groups in total. The van der Waals surface area contributed by atoms with Crippen LogP contribution in [0, 0.1) is 5.82 Å². The summed E-state index contributed by atoms with van der Waals surface area (Å²) >= 11 is 0. The van der Waals surface area contributed by atoms with Crippen molar-refractivity contribution < 1.29 is 38.3 Å². The first kappa shape index (κ1) is 31.9. The predicted molar refractivity (Wildman–Crippen MR) is 172 cm³/mol. The Morgan fingerprint density at radius 1 is 1.04 bits per heavy atom. The average Bonchev–Trinajstić information content (AvgIpc) is 3.53. The number of hydrogen-bond acceptors (Lipinski definition) is 8. The van der Waals surface area contributed by atoms with E-state index in [1.807, 2.05) is 42.5 Å². The van der Waals surface area contributed by atoms with E-state index in [0.717, 1.165) is 60.7 Å². The van der Waals surface area contributed by atoms with E-state index in [1.54, 1.807) is 13.2 Å². The van der Waals surface area contributed by atoms with Crippen LogP contribution in [-0.4, -0.2) is 99.1 Å². The summed E-state index contributed by atoms with van der Waals surface area (Å²) in [6.07, 6.45) is -0.902. The van der Waals surface area contributed by atoms with Crippen molar-refractivity contribution in [2.75, 3.05) is 69.4 Å². The third-order valence-electron chi connectivity index (χ3n) is 9.00. The molecule has 0 bridgehead atoms. The van der Waals surface area contributed by atoms with Crippen molar-refractivity contribution in [2.45, 2.75) is 43.7 Å². The third kappa shape index (κ3) is 7.49. The number of amides is 1. The Morgan fingerprint density at radius 3 is 2.67 bits per heavy atom. The molecule has 0 radical (unpaired) electrons. The van der Waals surface area contributed by atoms with E-state index in [1.165, 1.54) is 17.0 Å². The predicted octanol–water partition coefficient (Wildman–Crippen LogP) is 4.74. The van der Waals surface area contributed by atoms with E-state index >= 15 is 0 Å². The van der Waals surface area contributed by atoms with Crippen LogP contribution in [0.1, 0.15) is 29.9 Å². The van der Waals surface area contributed by atoms with E-state index in [0.29, 0.717) is 25.5 Å². The molecule has 3 aliphatic rings. The van der Waals surface area contributed by atoms with Crippen molar-refractivity contribution in [3.05, 3.63) is 83.7 Å². The van der Waals surface area contributed by atoms with Crippen LogP contribution in [0.2, 0.25) is 0 Å². The molecule has 2 saturated heterocycles. The summed E-state index contributed by atoms with van der Waals surface area (Å²) in [5.74, 6) is 0.855. The van der Waals surface area contributed by atoms with Crippen molar-refractivity contribution in [3.63, 3.8) is 0 Å². The summed E-state index contributed by atoms with van der Waals surface area (Å²) in [6, 6.07) is 20.2. The van der Waals surface area contributed by atoms with E-state index in [4.69, 9.17) is 18.9 Å². The maximum absolute atomic E-state index is 13.7. The van der Waals surface area contributed by atoms with Crippen LogP contribution in [0.5, 0.6) is 11.5 Å². The second-order valence-electron chi connectivity index (χ2n) is 12.1. The van der Waals surface area contributed by atoms with Gasteiger partial charge in [-0.1, -0.05) is 24.3 Å². The summed E-state index contributed by atoms with van der Waals surface area (Å²) in [5, 5.41) is 20.9.